The number of hydrogen-bond donors (Lipinski definition) is 1. The van der Waals surface area contributed by atoms with Crippen LogP contribution in [0.4, 0.5) is 11.4 Å². The molecule has 1 heterocycles. The molecule has 3 aromatic rings. The first-order valence-electron chi connectivity index (χ1n) is 8.77. The third-order valence-electron chi connectivity index (χ3n) is 4.44. The molecule has 3 aromatic carbocycles. The third-order valence-corrected chi connectivity index (χ3v) is 5.89. The Morgan fingerprint density at radius 1 is 1.00 bits per heavy atom. The second-order valence-corrected chi connectivity index (χ2v) is 7.85. The van der Waals surface area contributed by atoms with Crippen molar-refractivity contribution in [3.05, 3.63) is 95.0 Å². The summed E-state index contributed by atoms with van der Waals surface area (Å²) < 4.78 is 0. The van der Waals surface area contributed by atoms with E-state index in [9.17, 15) is 9.59 Å². The summed E-state index contributed by atoms with van der Waals surface area (Å²) >= 11 is 7.55. The van der Waals surface area contributed by atoms with Crippen molar-refractivity contribution in [1.82, 2.24) is 0 Å². The Kier molecular flexibility index (Phi) is 5.37. The fourth-order valence-corrected chi connectivity index (χ4v) is 4.47. The minimum Gasteiger partial charge on any atom is -0.322 e. The highest BCUT2D eigenvalue weighted by molar-refractivity contribution is 8.00. The van der Waals surface area contributed by atoms with Gasteiger partial charge < -0.3 is 5.32 Å². The second-order valence-electron chi connectivity index (χ2n) is 6.35. The Bertz CT molecular complexity index is 1010. The van der Waals surface area contributed by atoms with Gasteiger partial charge in [0.25, 0.3) is 5.91 Å². The average Bonchev–Trinajstić information content (AvgIpc) is 3.10. The molecule has 1 aliphatic heterocycles. The number of para-hydroxylation sites is 1. The SMILES string of the molecule is O=C(Nc1ccc([C@@H]2SCC(=O)N2c2ccccc2)cc1)c1cccc(Cl)c1. The van der Waals surface area contributed by atoms with Gasteiger partial charge in [-0.3, -0.25) is 14.5 Å². The Hall–Kier alpha value is -2.76. The average molecular weight is 409 g/mol. The fourth-order valence-electron chi connectivity index (χ4n) is 3.10. The number of carbonyl (C=O) groups excluding carboxylic acids is 2. The molecule has 6 heteroatoms. The van der Waals surface area contributed by atoms with Crippen molar-refractivity contribution >= 4 is 46.6 Å². The van der Waals surface area contributed by atoms with Crippen LogP contribution in [0.15, 0.2) is 78.9 Å². The highest BCUT2D eigenvalue weighted by Crippen LogP contribution is 2.41. The molecule has 0 spiro atoms. The standard InChI is InChI=1S/C22H17ClN2O2S/c23-17-6-4-5-16(13-17)21(27)24-18-11-9-15(10-12-18)22-25(20(26)14-28-22)19-7-2-1-3-8-19/h1-13,22H,14H2,(H,24,27)/t22-/m0/s1. The summed E-state index contributed by atoms with van der Waals surface area (Å²) in [5, 5.41) is 3.31. The number of carbonyl (C=O) groups is 2. The molecule has 140 valence electrons. The van der Waals surface area contributed by atoms with Crippen molar-refractivity contribution in [2.24, 2.45) is 0 Å². The number of nitrogens with zero attached hydrogens (tertiary/aromatic N) is 1. The van der Waals surface area contributed by atoms with Crippen molar-refractivity contribution in [3.8, 4) is 0 Å². The molecule has 1 N–H and O–H groups in total. The molecule has 4 rings (SSSR count). The number of benzene rings is 3. The van der Waals surface area contributed by atoms with Crippen LogP contribution in [-0.4, -0.2) is 17.6 Å². The van der Waals surface area contributed by atoms with Gasteiger partial charge in [0.15, 0.2) is 0 Å². The summed E-state index contributed by atoms with van der Waals surface area (Å²) in [6.07, 6.45) is 0. The van der Waals surface area contributed by atoms with Gasteiger partial charge in [0.2, 0.25) is 5.91 Å². The molecular weight excluding hydrogens is 392 g/mol. The van der Waals surface area contributed by atoms with Crippen molar-refractivity contribution in [3.63, 3.8) is 0 Å². The van der Waals surface area contributed by atoms with E-state index in [2.05, 4.69) is 5.32 Å². The Morgan fingerprint density at radius 3 is 2.46 bits per heavy atom. The van der Waals surface area contributed by atoms with Gasteiger partial charge in [-0.15, -0.1) is 11.8 Å². The van der Waals surface area contributed by atoms with E-state index in [0.29, 0.717) is 22.0 Å². The van der Waals surface area contributed by atoms with Crippen LogP contribution < -0.4 is 10.2 Å². The summed E-state index contributed by atoms with van der Waals surface area (Å²) in [6.45, 7) is 0. The minimum absolute atomic E-state index is 0.0763. The number of amides is 2. The summed E-state index contributed by atoms with van der Waals surface area (Å²) in [4.78, 5) is 26.6. The maximum atomic E-state index is 12.4. The molecule has 0 radical (unpaired) electrons. The maximum absolute atomic E-state index is 12.4. The number of rotatable bonds is 4. The zero-order valence-electron chi connectivity index (χ0n) is 14.8. The van der Waals surface area contributed by atoms with Gasteiger partial charge in [-0.2, -0.15) is 0 Å². The smallest absolute Gasteiger partial charge is 0.255 e. The van der Waals surface area contributed by atoms with Crippen LogP contribution >= 0.6 is 23.4 Å². The number of halogens is 1. The first-order chi connectivity index (χ1) is 13.6. The summed E-state index contributed by atoms with van der Waals surface area (Å²) in [6, 6.07) is 24.1. The second kappa shape index (κ2) is 8.09. The lowest BCUT2D eigenvalue weighted by molar-refractivity contribution is -0.115. The number of anilines is 2. The third kappa shape index (κ3) is 3.91. The van der Waals surface area contributed by atoms with Gasteiger partial charge in [-0.1, -0.05) is 48.0 Å². The number of hydrogen-bond acceptors (Lipinski definition) is 3. The van der Waals surface area contributed by atoms with Crippen LogP contribution in [0, 0.1) is 0 Å². The highest BCUT2D eigenvalue weighted by atomic mass is 35.5. The van der Waals surface area contributed by atoms with Crippen LogP contribution in [0.2, 0.25) is 5.02 Å². The molecule has 4 nitrogen and oxygen atoms in total. The number of nitrogens with one attached hydrogen (secondary N) is 1. The quantitative estimate of drug-likeness (QED) is 0.631. The van der Waals surface area contributed by atoms with E-state index in [-0.39, 0.29) is 17.2 Å². The topological polar surface area (TPSA) is 49.4 Å². The molecule has 0 unspecified atom stereocenters. The van der Waals surface area contributed by atoms with Crippen LogP contribution in [-0.2, 0) is 4.79 Å². The largest absolute Gasteiger partial charge is 0.322 e. The number of thioether (sulfide) groups is 1. The van der Waals surface area contributed by atoms with Gasteiger partial charge in [-0.25, -0.2) is 0 Å². The lowest BCUT2D eigenvalue weighted by Crippen LogP contribution is -2.27. The Balaban J connectivity index is 1.51. The lowest BCUT2D eigenvalue weighted by Gasteiger charge is -2.24. The van der Waals surface area contributed by atoms with E-state index < -0.39 is 0 Å². The van der Waals surface area contributed by atoms with Crippen molar-refractivity contribution in [1.29, 1.82) is 0 Å². The predicted octanol–water partition coefficient (Wildman–Crippen LogP) is 5.37. The molecule has 1 saturated heterocycles. The molecule has 0 aliphatic carbocycles. The van der Waals surface area contributed by atoms with Gasteiger partial charge in [0, 0.05) is 22.0 Å². The van der Waals surface area contributed by atoms with Crippen molar-refractivity contribution < 1.29 is 9.59 Å². The highest BCUT2D eigenvalue weighted by Gasteiger charge is 2.33. The van der Waals surface area contributed by atoms with E-state index in [0.717, 1.165) is 11.3 Å². The molecule has 28 heavy (non-hydrogen) atoms. The van der Waals surface area contributed by atoms with E-state index in [1.54, 1.807) is 36.0 Å². The van der Waals surface area contributed by atoms with E-state index >= 15 is 0 Å². The Morgan fingerprint density at radius 2 is 1.75 bits per heavy atom. The van der Waals surface area contributed by atoms with Crippen LogP contribution in [0.1, 0.15) is 21.3 Å². The first-order valence-corrected chi connectivity index (χ1v) is 10.2. The van der Waals surface area contributed by atoms with E-state index in [1.807, 2.05) is 59.5 Å². The normalized spacial score (nSPS) is 16.2. The first kappa shape index (κ1) is 18.6. The van der Waals surface area contributed by atoms with E-state index in [4.69, 9.17) is 11.6 Å². The van der Waals surface area contributed by atoms with Gasteiger partial charge in [0.05, 0.1) is 5.75 Å². The molecule has 0 bridgehead atoms. The van der Waals surface area contributed by atoms with Crippen LogP contribution in [0.5, 0.6) is 0 Å². The molecule has 1 atom stereocenters. The molecule has 0 saturated carbocycles. The van der Waals surface area contributed by atoms with Crippen molar-refractivity contribution in [2.45, 2.75) is 5.37 Å². The van der Waals surface area contributed by atoms with E-state index in [1.165, 1.54) is 0 Å². The molecule has 2 amide bonds. The van der Waals surface area contributed by atoms with Crippen LogP contribution in [0.3, 0.4) is 0 Å². The van der Waals surface area contributed by atoms with Gasteiger partial charge in [-0.05, 0) is 48.0 Å². The van der Waals surface area contributed by atoms with Gasteiger partial charge >= 0.3 is 0 Å². The minimum atomic E-state index is -0.216. The summed E-state index contributed by atoms with van der Waals surface area (Å²) in [5.41, 5.74) is 3.10. The monoisotopic (exact) mass is 408 g/mol. The molecule has 1 fully saturated rings. The predicted molar refractivity (Wildman–Crippen MR) is 115 cm³/mol. The fraction of sp³-hybridized carbons (Fsp3) is 0.0909. The summed E-state index contributed by atoms with van der Waals surface area (Å²) in [7, 11) is 0. The summed E-state index contributed by atoms with van der Waals surface area (Å²) in [5.74, 6) is 0.332. The van der Waals surface area contributed by atoms with Crippen LogP contribution in [0.25, 0.3) is 0 Å². The Labute approximate surface area is 172 Å². The van der Waals surface area contributed by atoms with Crippen molar-refractivity contribution in [2.75, 3.05) is 16.0 Å². The van der Waals surface area contributed by atoms with Gasteiger partial charge in [0.1, 0.15) is 5.37 Å². The lowest BCUT2D eigenvalue weighted by atomic mass is 10.1. The molecular formula is C22H17ClN2O2S. The zero-order valence-corrected chi connectivity index (χ0v) is 16.4. The molecule has 0 aromatic heterocycles. The maximum Gasteiger partial charge on any atom is 0.255 e. The zero-order chi connectivity index (χ0) is 19.5. The molecule has 1 aliphatic rings.